The molecule has 1 aliphatic heterocycles. The first kappa shape index (κ1) is 31.7. The number of fused-ring (bicyclic) bond motifs is 1. The molecule has 10 heteroatoms. The zero-order valence-corrected chi connectivity index (χ0v) is 25.0. The van der Waals surface area contributed by atoms with Gasteiger partial charge in [-0.2, -0.15) is 13.2 Å². The summed E-state index contributed by atoms with van der Waals surface area (Å²) < 4.78 is 56.4. The van der Waals surface area contributed by atoms with Crippen LogP contribution in [0.25, 0.3) is 0 Å². The fourth-order valence-electron chi connectivity index (χ4n) is 5.87. The van der Waals surface area contributed by atoms with E-state index in [1.807, 2.05) is 26.0 Å². The van der Waals surface area contributed by atoms with Gasteiger partial charge in [0.05, 0.1) is 29.7 Å². The fourth-order valence-corrected chi connectivity index (χ4v) is 5.87. The Morgan fingerprint density at radius 2 is 1.64 bits per heavy atom. The van der Waals surface area contributed by atoms with Gasteiger partial charge in [-0.3, -0.25) is 14.5 Å². The summed E-state index contributed by atoms with van der Waals surface area (Å²) in [6, 6.07) is 21.0. The van der Waals surface area contributed by atoms with E-state index in [-0.39, 0.29) is 29.3 Å². The second kappa shape index (κ2) is 12.7. The van der Waals surface area contributed by atoms with Gasteiger partial charge < -0.3 is 15.7 Å². The molecule has 0 bridgehead atoms. The van der Waals surface area contributed by atoms with E-state index in [4.69, 9.17) is 0 Å². The fraction of sp³-hybridized carbons (Fsp3) is 0.257. The predicted octanol–water partition coefficient (Wildman–Crippen LogP) is 7.66. The van der Waals surface area contributed by atoms with Gasteiger partial charge in [-0.1, -0.05) is 48.5 Å². The first-order chi connectivity index (χ1) is 21.4. The average molecular weight is 620 g/mol. The molecule has 4 aromatic rings. The van der Waals surface area contributed by atoms with Gasteiger partial charge in [-0.15, -0.1) is 0 Å². The molecule has 2 atom stereocenters. The number of carbonyl (C=O) groups excluding carboxylic acids is 2. The summed E-state index contributed by atoms with van der Waals surface area (Å²) in [5.41, 5.74) is 1.36. The number of aliphatic hydroxyl groups excluding tert-OH is 1. The smallest absolute Gasteiger partial charge is 0.392 e. The molecule has 0 saturated heterocycles. The van der Waals surface area contributed by atoms with Crippen molar-refractivity contribution in [3.63, 3.8) is 0 Å². The molecule has 0 fully saturated rings. The second-order valence-electron chi connectivity index (χ2n) is 11.4. The number of benzene rings is 4. The number of carbonyl (C=O) groups is 2. The lowest BCUT2D eigenvalue weighted by Crippen LogP contribution is -2.47. The largest absolute Gasteiger partial charge is 0.416 e. The van der Waals surface area contributed by atoms with Crippen LogP contribution in [-0.4, -0.2) is 23.0 Å². The van der Waals surface area contributed by atoms with Gasteiger partial charge in [0, 0.05) is 23.1 Å². The van der Waals surface area contributed by atoms with Gasteiger partial charge in [0.15, 0.2) is 0 Å². The highest BCUT2D eigenvalue weighted by molar-refractivity contribution is 6.09. The molecule has 1 aliphatic rings. The van der Waals surface area contributed by atoms with E-state index < -0.39 is 47.9 Å². The van der Waals surface area contributed by atoms with Crippen LogP contribution in [0.15, 0.2) is 84.9 Å². The number of aryl methyl sites for hydroxylation is 1. The van der Waals surface area contributed by atoms with Crippen LogP contribution in [0.2, 0.25) is 0 Å². The molecule has 0 aromatic heterocycles. The standard InChI is InChI=1S/C35H33F4N3O3/c1-20(2)40-25-14-11-22(12-15-25)32-27(33(44)41-26-16-13-24(19-43)28(18-26)35(37,38)39)17-23-8-4-5-10-30(23)42(32)34(45)31-21(3)7-6-9-29(31)36/h4-16,18,20,27,32,40,43H,17,19H2,1-3H3,(H,41,44)/t27-,32-/m0/s1. The van der Waals surface area contributed by atoms with Crippen LogP contribution in [0.1, 0.15) is 58.1 Å². The van der Waals surface area contributed by atoms with Crippen LogP contribution in [0.3, 0.4) is 0 Å². The van der Waals surface area contributed by atoms with E-state index in [1.165, 1.54) is 23.1 Å². The molecule has 6 nitrogen and oxygen atoms in total. The topological polar surface area (TPSA) is 81.7 Å². The van der Waals surface area contributed by atoms with E-state index in [0.717, 1.165) is 17.8 Å². The summed E-state index contributed by atoms with van der Waals surface area (Å²) in [5.74, 6) is -2.93. The van der Waals surface area contributed by atoms with E-state index in [2.05, 4.69) is 10.6 Å². The maximum Gasteiger partial charge on any atom is 0.416 e. The monoisotopic (exact) mass is 619 g/mol. The highest BCUT2D eigenvalue weighted by atomic mass is 19.4. The van der Waals surface area contributed by atoms with Crippen molar-refractivity contribution in [2.45, 2.75) is 52.1 Å². The molecular weight excluding hydrogens is 586 g/mol. The quantitative estimate of drug-likeness (QED) is 0.186. The normalized spacial score (nSPS) is 16.3. The van der Waals surface area contributed by atoms with Gasteiger partial charge in [-0.05, 0) is 85.8 Å². The Bertz CT molecular complexity index is 1700. The second-order valence-corrected chi connectivity index (χ2v) is 11.4. The molecule has 0 spiro atoms. The van der Waals surface area contributed by atoms with E-state index >= 15 is 4.39 Å². The number of anilines is 3. The zero-order chi connectivity index (χ0) is 32.5. The van der Waals surface area contributed by atoms with Crippen LogP contribution in [0.5, 0.6) is 0 Å². The van der Waals surface area contributed by atoms with Crippen molar-refractivity contribution in [2.75, 3.05) is 15.5 Å². The molecule has 0 aliphatic carbocycles. The van der Waals surface area contributed by atoms with Crippen molar-refractivity contribution in [1.29, 1.82) is 0 Å². The molecule has 5 rings (SSSR count). The molecule has 4 aromatic carbocycles. The third-order valence-corrected chi connectivity index (χ3v) is 7.90. The average Bonchev–Trinajstić information content (AvgIpc) is 2.99. The number of amides is 2. The first-order valence-corrected chi connectivity index (χ1v) is 14.5. The molecular formula is C35H33F4N3O3. The summed E-state index contributed by atoms with van der Waals surface area (Å²) in [4.78, 5) is 29.8. The third kappa shape index (κ3) is 6.56. The molecule has 1 heterocycles. The SMILES string of the molecule is Cc1cccc(F)c1C(=O)N1c2ccccc2C[C@H](C(=O)Nc2ccc(CO)c(C(F)(F)F)c2)[C@@H]1c1ccc(NC(C)C)cc1. The maximum absolute atomic E-state index is 15.2. The van der Waals surface area contributed by atoms with E-state index in [9.17, 15) is 27.9 Å². The van der Waals surface area contributed by atoms with Gasteiger partial charge in [0.25, 0.3) is 5.91 Å². The Labute approximate surface area is 258 Å². The lowest BCUT2D eigenvalue weighted by Gasteiger charge is -2.42. The van der Waals surface area contributed by atoms with E-state index in [1.54, 1.807) is 49.4 Å². The lowest BCUT2D eigenvalue weighted by atomic mass is 9.80. The van der Waals surface area contributed by atoms with Gasteiger partial charge in [0.1, 0.15) is 5.82 Å². The molecule has 45 heavy (non-hydrogen) atoms. The number of hydrogen-bond donors (Lipinski definition) is 3. The van der Waals surface area contributed by atoms with E-state index in [0.29, 0.717) is 22.4 Å². The van der Waals surface area contributed by atoms with Crippen LogP contribution in [-0.2, 0) is 24.0 Å². The molecule has 0 radical (unpaired) electrons. The number of rotatable bonds is 7. The molecule has 2 amide bonds. The van der Waals surface area contributed by atoms with Crippen LogP contribution in [0.4, 0.5) is 34.6 Å². The minimum Gasteiger partial charge on any atom is -0.392 e. The Morgan fingerprint density at radius 3 is 2.29 bits per heavy atom. The summed E-state index contributed by atoms with van der Waals surface area (Å²) in [6.45, 7) is 4.78. The van der Waals surface area contributed by atoms with Crippen molar-refractivity contribution in [3.8, 4) is 0 Å². The number of hydrogen-bond acceptors (Lipinski definition) is 4. The predicted molar refractivity (Wildman–Crippen MR) is 166 cm³/mol. The Balaban J connectivity index is 1.63. The number of nitrogens with zero attached hydrogens (tertiary/aromatic N) is 1. The van der Waals surface area contributed by atoms with Crippen molar-refractivity contribution < 1.29 is 32.3 Å². The van der Waals surface area contributed by atoms with Crippen LogP contribution in [0, 0.1) is 18.7 Å². The maximum atomic E-state index is 15.2. The summed E-state index contributed by atoms with van der Waals surface area (Å²) in [5, 5.41) is 15.4. The number of halogens is 4. The zero-order valence-electron chi connectivity index (χ0n) is 25.0. The Kier molecular flexibility index (Phi) is 8.97. The number of alkyl halides is 3. The van der Waals surface area contributed by atoms with Crippen LogP contribution < -0.4 is 15.5 Å². The third-order valence-electron chi connectivity index (χ3n) is 7.90. The molecule has 0 saturated carbocycles. The van der Waals surface area contributed by atoms with Gasteiger partial charge in [-0.25, -0.2) is 4.39 Å². The summed E-state index contributed by atoms with van der Waals surface area (Å²) in [6.07, 6.45) is -4.59. The number of nitrogens with one attached hydrogen (secondary N) is 2. The minimum atomic E-state index is -4.75. The Morgan fingerprint density at radius 1 is 0.956 bits per heavy atom. The Hall–Kier alpha value is -4.70. The van der Waals surface area contributed by atoms with Crippen molar-refractivity contribution in [2.24, 2.45) is 5.92 Å². The van der Waals surface area contributed by atoms with Crippen LogP contribution >= 0.6 is 0 Å². The van der Waals surface area contributed by atoms with Gasteiger partial charge in [0.2, 0.25) is 5.91 Å². The summed E-state index contributed by atoms with van der Waals surface area (Å²) in [7, 11) is 0. The van der Waals surface area contributed by atoms with Crippen molar-refractivity contribution in [3.05, 3.63) is 124 Å². The summed E-state index contributed by atoms with van der Waals surface area (Å²) >= 11 is 0. The highest BCUT2D eigenvalue weighted by Gasteiger charge is 2.43. The van der Waals surface area contributed by atoms with Gasteiger partial charge >= 0.3 is 6.18 Å². The number of para-hydroxylation sites is 1. The lowest BCUT2D eigenvalue weighted by molar-refractivity contribution is -0.138. The molecule has 3 N–H and O–H groups in total. The molecule has 0 unspecified atom stereocenters. The first-order valence-electron chi connectivity index (χ1n) is 14.5. The molecule has 234 valence electrons. The van der Waals surface area contributed by atoms with Crippen molar-refractivity contribution in [1.82, 2.24) is 0 Å². The highest BCUT2D eigenvalue weighted by Crippen LogP contribution is 2.44. The van der Waals surface area contributed by atoms with Crippen molar-refractivity contribution >= 4 is 28.9 Å². The number of aliphatic hydroxyl groups is 1. The minimum absolute atomic E-state index is 0.110.